The Morgan fingerprint density at radius 3 is 2.33 bits per heavy atom. The van der Waals surface area contributed by atoms with Gasteiger partial charge in [0.25, 0.3) is 21.6 Å². The van der Waals surface area contributed by atoms with Crippen molar-refractivity contribution in [1.82, 2.24) is 0 Å². The van der Waals surface area contributed by atoms with Gasteiger partial charge in [-0.2, -0.15) is 0 Å². The zero-order valence-corrected chi connectivity index (χ0v) is 19.4. The first kappa shape index (κ1) is 23.7. The SMILES string of the molecule is Cc1cccc(NS(=O)(=O)c2cc(NC(=O)c3ccc(N(C)C)c([N+](=O)[O-])c3)ccc2C)c1. The van der Waals surface area contributed by atoms with Crippen LogP contribution in [0.4, 0.5) is 22.7 Å². The number of carbonyl (C=O) groups excluding carboxylic acids is 1. The second-order valence-corrected chi connectivity index (χ2v) is 9.42. The Hall–Kier alpha value is -3.92. The van der Waals surface area contributed by atoms with Gasteiger partial charge in [-0.05, 0) is 61.4 Å². The molecule has 0 aromatic heterocycles. The minimum Gasteiger partial charge on any atom is -0.372 e. The predicted molar refractivity (Wildman–Crippen MR) is 129 cm³/mol. The smallest absolute Gasteiger partial charge is 0.293 e. The lowest BCUT2D eigenvalue weighted by atomic mass is 10.1. The van der Waals surface area contributed by atoms with Gasteiger partial charge in [-0.1, -0.05) is 18.2 Å². The van der Waals surface area contributed by atoms with Crippen molar-refractivity contribution in [2.75, 3.05) is 29.0 Å². The van der Waals surface area contributed by atoms with Crippen molar-refractivity contribution in [2.45, 2.75) is 18.7 Å². The standard InChI is InChI=1S/C23H24N4O5S/c1-15-6-5-7-19(12-15)25-33(31,32)22-14-18(10-8-16(22)2)24-23(28)17-9-11-20(26(3)4)21(13-17)27(29)30/h5-14,25H,1-4H3,(H,24,28). The van der Waals surface area contributed by atoms with E-state index in [9.17, 15) is 23.3 Å². The number of nitrogens with zero attached hydrogens (tertiary/aromatic N) is 2. The molecule has 3 aromatic rings. The maximum absolute atomic E-state index is 13.0. The fraction of sp³-hybridized carbons (Fsp3) is 0.174. The van der Waals surface area contributed by atoms with Crippen LogP contribution in [-0.4, -0.2) is 33.3 Å². The van der Waals surface area contributed by atoms with E-state index in [1.165, 1.54) is 24.3 Å². The quantitative estimate of drug-likeness (QED) is 0.393. The summed E-state index contributed by atoms with van der Waals surface area (Å²) in [4.78, 5) is 25.2. The summed E-state index contributed by atoms with van der Waals surface area (Å²) in [6.07, 6.45) is 0. The van der Waals surface area contributed by atoms with Crippen molar-refractivity contribution in [1.29, 1.82) is 0 Å². The molecule has 33 heavy (non-hydrogen) atoms. The molecule has 0 heterocycles. The number of hydrogen-bond donors (Lipinski definition) is 2. The number of nitro groups is 1. The van der Waals surface area contributed by atoms with Crippen molar-refractivity contribution in [3.63, 3.8) is 0 Å². The van der Waals surface area contributed by atoms with E-state index < -0.39 is 20.9 Å². The minimum atomic E-state index is -3.91. The number of nitrogens with one attached hydrogen (secondary N) is 2. The third-order valence-electron chi connectivity index (χ3n) is 4.92. The molecule has 0 aliphatic carbocycles. The Kier molecular flexibility index (Phi) is 6.68. The highest BCUT2D eigenvalue weighted by Gasteiger charge is 2.21. The maximum Gasteiger partial charge on any atom is 0.293 e. The van der Waals surface area contributed by atoms with Crippen LogP contribution in [0.15, 0.2) is 65.6 Å². The number of rotatable bonds is 7. The van der Waals surface area contributed by atoms with Gasteiger partial charge in [0.15, 0.2) is 0 Å². The molecule has 0 aliphatic heterocycles. The van der Waals surface area contributed by atoms with Gasteiger partial charge in [0.2, 0.25) is 0 Å². The lowest BCUT2D eigenvalue weighted by Gasteiger charge is -2.14. The number of amides is 1. The Labute approximate surface area is 192 Å². The minimum absolute atomic E-state index is 0.00995. The van der Waals surface area contributed by atoms with Gasteiger partial charge < -0.3 is 10.2 Å². The molecule has 0 unspecified atom stereocenters. The number of anilines is 3. The molecule has 10 heteroatoms. The number of aryl methyl sites for hydroxylation is 2. The Balaban J connectivity index is 1.89. The first-order valence-electron chi connectivity index (χ1n) is 9.95. The van der Waals surface area contributed by atoms with Gasteiger partial charge in [0, 0.05) is 37.1 Å². The first-order chi connectivity index (χ1) is 15.5. The highest BCUT2D eigenvalue weighted by Crippen LogP contribution is 2.29. The summed E-state index contributed by atoms with van der Waals surface area (Å²) in [5.41, 5.74) is 2.31. The molecule has 1 amide bonds. The molecular weight excluding hydrogens is 444 g/mol. The summed E-state index contributed by atoms with van der Waals surface area (Å²) in [5.74, 6) is -0.595. The first-order valence-corrected chi connectivity index (χ1v) is 11.4. The van der Waals surface area contributed by atoms with E-state index in [1.807, 2.05) is 13.0 Å². The van der Waals surface area contributed by atoms with E-state index in [2.05, 4.69) is 10.0 Å². The predicted octanol–water partition coefficient (Wildman–Crippen LogP) is 4.33. The molecule has 3 rings (SSSR count). The van der Waals surface area contributed by atoms with Gasteiger partial charge in [-0.15, -0.1) is 0 Å². The topological polar surface area (TPSA) is 122 Å². The van der Waals surface area contributed by atoms with Crippen molar-refractivity contribution in [3.8, 4) is 0 Å². The van der Waals surface area contributed by atoms with Crippen LogP contribution >= 0.6 is 0 Å². The second-order valence-electron chi connectivity index (χ2n) is 7.76. The monoisotopic (exact) mass is 468 g/mol. The summed E-state index contributed by atoms with van der Waals surface area (Å²) in [6, 6.07) is 15.6. The fourth-order valence-electron chi connectivity index (χ4n) is 3.28. The molecule has 0 spiro atoms. The number of hydrogen-bond acceptors (Lipinski definition) is 6. The normalized spacial score (nSPS) is 11.0. The van der Waals surface area contributed by atoms with Crippen LogP contribution < -0.4 is 14.9 Å². The summed E-state index contributed by atoms with van der Waals surface area (Å²) >= 11 is 0. The largest absolute Gasteiger partial charge is 0.372 e. The maximum atomic E-state index is 13.0. The number of benzene rings is 3. The van der Waals surface area contributed by atoms with Crippen molar-refractivity contribution < 1.29 is 18.1 Å². The van der Waals surface area contributed by atoms with Crippen LogP contribution in [0.2, 0.25) is 0 Å². The van der Waals surface area contributed by atoms with Crippen LogP contribution in [-0.2, 0) is 10.0 Å². The summed E-state index contributed by atoms with van der Waals surface area (Å²) in [7, 11) is -0.577. The molecular formula is C23H24N4O5S. The average molecular weight is 469 g/mol. The summed E-state index contributed by atoms with van der Waals surface area (Å²) in [6.45, 7) is 3.51. The molecule has 172 valence electrons. The van der Waals surface area contributed by atoms with E-state index in [4.69, 9.17) is 0 Å². The molecule has 0 radical (unpaired) electrons. The third kappa shape index (κ3) is 5.47. The summed E-state index contributed by atoms with van der Waals surface area (Å²) < 4.78 is 28.5. The lowest BCUT2D eigenvalue weighted by molar-refractivity contribution is -0.384. The molecule has 9 nitrogen and oxygen atoms in total. The summed E-state index contributed by atoms with van der Waals surface area (Å²) in [5, 5.41) is 14.0. The molecule has 0 saturated heterocycles. The van der Waals surface area contributed by atoms with Crippen LogP contribution in [0, 0.1) is 24.0 Å². The lowest BCUT2D eigenvalue weighted by Crippen LogP contribution is -2.17. The molecule has 0 fully saturated rings. The highest BCUT2D eigenvalue weighted by molar-refractivity contribution is 7.92. The number of sulfonamides is 1. The second kappa shape index (κ2) is 9.29. The van der Waals surface area contributed by atoms with Crippen molar-refractivity contribution >= 4 is 38.7 Å². The van der Waals surface area contributed by atoms with E-state index in [0.29, 0.717) is 16.9 Å². The van der Waals surface area contributed by atoms with Crippen LogP contribution in [0.1, 0.15) is 21.5 Å². The van der Waals surface area contributed by atoms with Crippen LogP contribution in [0.25, 0.3) is 0 Å². The van der Waals surface area contributed by atoms with Gasteiger partial charge >= 0.3 is 0 Å². The van der Waals surface area contributed by atoms with Crippen LogP contribution in [0.5, 0.6) is 0 Å². The Bertz CT molecular complexity index is 1340. The van der Waals surface area contributed by atoms with E-state index in [1.54, 1.807) is 56.3 Å². The zero-order chi connectivity index (χ0) is 24.3. The molecule has 0 aliphatic rings. The molecule has 2 N–H and O–H groups in total. The number of nitro benzene ring substituents is 1. The number of carbonyl (C=O) groups is 1. The van der Waals surface area contributed by atoms with Gasteiger partial charge in [0.05, 0.1) is 9.82 Å². The van der Waals surface area contributed by atoms with Crippen molar-refractivity contribution in [3.05, 3.63) is 87.5 Å². The average Bonchev–Trinajstić information content (AvgIpc) is 2.74. The van der Waals surface area contributed by atoms with Gasteiger partial charge in [-0.25, -0.2) is 8.42 Å². The van der Waals surface area contributed by atoms with E-state index in [-0.39, 0.29) is 21.8 Å². The molecule has 3 aromatic carbocycles. The Morgan fingerprint density at radius 2 is 1.70 bits per heavy atom. The fourth-order valence-corrected chi connectivity index (χ4v) is 4.60. The third-order valence-corrected chi connectivity index (χ3v) is 6.45. The Morgan fingerprint density at radius 1 is 0.970 bits per heavy atom. The highest BCUT2D eigenvalue weighted by atomic mass is 32.2. The van der Waals surface area contributed by atoms with E-state index >= 15 is 0 Å². The zero-order valence-electron chi connectivity index (χ0n) is 18.6. The van der Waals surface area contributed by atoms with Gasteiger partial charge in [-0.3, -0.25) is 19.6 Å². The molecule has 0 saturated carbocycles. The molecule has 0 atom stereocenters. The van der Waals surface area contributed by atoms with Gasteiger partial charge in [0.1, 0.15) is 5.69 Å². The van der Waals surface area contributed by atoms with Crippen molar-refractivity contribution in [2.24, 2.45) is 0 Å². The van der Waals surface area contributed by atoms with E-state index in [0.717, 1.165) is 5.56 Å². The van der Waals surface area contributed by atoms with Crippen LogP contribution in [0.3, 0.4) is 0 Å². The molecule has 0 bridgehead atoms.